The van der Waals surface area contributed by atoms with E-state index >= 15 is 0 Å². The Balaban J connectivity index is 4.03. The predicted octanol–water partition coefficient (Wildman–Crippen LogP) is 3.07. The smallest absolute Gasteiger partial charge is 0.0973 e. The van der Waals surface area contributed by atoms with E-state index in [1.54, 1.807) is 0 Å². The molecule has 1 atom stereocenters. The third-order valence-corrected chi connectivity index (χ3v) is 4.58. The van der Waals surface area contributed by atoms with Crippen molar-refractivity contribution in [2.24, 2.45) is 17.7 Å². The van der Waals surface area contributed by atoms with E-state index in [-0.39, 0.29) is 0 Å². The summed E-state index contributed by atoms with van der Waals surface area (Å²) >= 11 is 0. The van der Waals surface area contributed by atoms with Gasteiger partial charge in [-0.1, -0.05) is 33.6 Å². The summed E-state index contributed by atoms with van der Waals surface area (Å²) in [4.78, 5) is 0. The molecule has 0 saturated heterocycles. The summed E-state index contributed by atoms with van der Waals surface area (Å²) in [7, 11) is 0. The first-order valence-corrected chi connectivity index (χ1v) is 7.42. The zero-order valence-corrected chi connectivity index (χ0v) is 12.6. The summed E-state index contributed by atoms with van der Waals surface area (Å²) in [5, 5.41) is 0. The summed E-state index contributed by atoms with van der Waals surface area (Å²) in [6.07, 6.45) is 5.22. The van der Waals surface area contributed by atoms with Gasteiger partial charge in [0.2, 0.25) is 0 Å². The van der Waals surface area contributed by atoms with E-state index in [4.69, 9.17) is 5.84 Å². The maximum atomic E-state index is 5.68. The Morgan fingerprint density at radius 3 is 1.94 bits per heavy atom. The minimum absolute atomic E-state index is 0.843. The van der Waals surface area contributed by atoms with Crippen molar-refractivity contribution in [2.45, 2.75) is 60.3 Å². The van der Waals surface area contributed by atoms with Crippen molar-refractivity contribution in [2.75, 3.05) is 19.6 Å². The molecule has 0 aliphatic carbocycles. The Kier molecular flexibility index (Phi) is 8.83. The zero-order valence-electron chi connectivity index (χ0n) is 12.6. The molecule has 0 aromatic carbocycles. The lowest BCUT2D eigenvalue weighted by molar-refractivity contribution is -0.968. The lowest BCUT2D eigenvalue weighted by Crippen LogP contribution is -2.61. The minimum atomic E-state index is 0.843. The summed E-state index contributed by atoms with van der Waals surface area (Å²) in [5.74, 6) is 7.42. The van der Waals surface area contributed by atoms with E-state index < -0.39 is 0 Å². The second-order valence-corrected chi connectivity index (χ2v) is 5.33. The average molecular weight is 245 g/mol. The SMILES string of the molecule is CCC(CC)C(C)CCC[15N+](CC)(CC)NN. The van der Waals surface area contributed by atoms with Crippen LogP contribution >= 0.6 is 0 Å². The Hall–Kier alpha value is -0.120. The molecule has 0 aromatic heterocycles. The lowest BCUT2D eigenvalue weighted by Gasteiger charge is -2.34. The molecule has 0 aliphatic heterocycles. The van der Waals surface area contributed by atoms with Crippen molar-refractivity contribution < 1.29 is 4.59 Å². The monoisotopic (exact) mass is 245 g/mol. The Bertz CT molecular complexity index is 166. The maximum absolute atomic E-state index is 5.68. The number of hydrogen-bond acceptors (Lipinski definition) is 2. The van der Waals surface area contributed by atoms with Gasteiger partial charge in [-0.25, -0.2) is 10.4 Å². The van der Waals surface area contributed by atoms with Crippen molar-refractivity contribution in [1.82, 2.24) is 5.53 Å². The van der Waals surface area contributed by atoms with Crippen LogP contribution in [0, 0.1) is 11.8 Å². The van der Waals surface area contributed by atoms with Crippen molar-refractivity contribution >= 4 is 0 Å². The second-order valence-electron chi connectivity index (χ2n) is 5.33. The number of nitrogens with zero attached hydrogens (tertiary/aromatic N) is 1. The topological polar surface area (TPSA) is 38.0 Å². The molecule has 0 heterocycles. The van der Waals surface area contributed by atoms with Gasteiger partial charge in [0.05, 0.1) is 19.6 Å². The van der Waals surface area contributed by atoms with Crippen LogP contribution in [0.1, 0.15) is 60.3 Å². The van der Waals surface area contributed by atoms with Gasteiger partial charge in [0, 0.05) is 0 Å². The molecule has 0 aromatic rings. The van der Waals surface area contributed by atoms with Crippen LogP contribution in [-0.2, 0) is 0 Å². The number of hydrogen-bond donors (Lipinski definition) is 2. The highest BCUT2D eigenvalue weighted by molar-refractivity contribution is 4.63. The van der Waals surface area contributed by atoms with Crippen LogP contribution in [-0.4, -0.2) is 24.2 Å². The van der Waals surface area contributed by atoms with Crippen molar-refractivity contribution in [3.63, 3.8) is 0 Å². The number of nitrogens with one attached hydrogen (secondary N) is 1. The first-order chi connectivity index (χ1) is 8.09. The van der Waals surface area contributed by atoms with E-state index in [1.165, 1.54) is 25.7 Å². The van der Waals surface area contributed by atoms with E-state index in [2.05, 4.69) is 40.2 Å². The third-order valence-electron chi connectivity index (χ3n) is 4.58. The van der Waals surface area contributed by atoms with E-state index in [0.29, 0.717) is 0 Å². The van der Waals surface area contributed by atoms with Gasteiger partial charge in [0.1, 0.15) is 0 Å². The van der Waals surface area contributed by atoms with Crippen molar-refractivity contribution in [3.8, 4) is 0 Å². The molecular weight excluding hydrogens is 211 g/mol. The molecule has 3 heteroatoms. The fraction of sp³-hybridized carbons (Fsp3) is 1.00. The number of rotatable bonds is 10. The first kappa shape index (κ1) is 16.9. The van der Waals surface area contributed by atoms with Gasteiger partial charge in [-0.05, 0) is 38.5 Å². The largest absolute Gasteiger partial charge is 0.232 e. The van der Waals surface area contributed by atoms with Gasteiger partial charge in [-0.3, -0.25) is 0 Å². The molecule has 3 nitrogen and oxygen atoms in total. The van der Waals surface area contributed by atoms with Crippen LogP contribution in [0.4, 0.5) is 0 Å². The fourth-order valence-electron chi connectivity index (χ4n) is 2.83. The quantitative estimate of drug-likeness (QED) is 0.269. The summed E-state index contributed by atoms with van der Waals surface area (Å²) < 4.78 is 0.843. The second kappa shape index (κ2) is 8.90. The summed E-state index contributed by atoms with van der Waals surface area (Å²) in [6.45, 7) is 14.7. The Labute approximate surface area is 108 Å². The maximum Gasteiger partial charge on any atom is 0.0973 e. The van der Waals surface area contributed by atoms with E-state index in [1.807, 2.05) is 0 Å². The summed E-state index contributed by atoms with van der Waals surface area (Å²) in [6, 6.07) is 0. The van der Waals surface area contributed by atoms with Crippen molar-refractivity contribution in [1.29, 1.82) is 0 Å². The molecule has 104 valence electrons. The molecule has 0 radical (unpaired) electrons. The fourth-order valence-corrected chi connectivity index (χ4v) is 2.83. The molecule has 17 heavy (non-hydrogen) atoms. The van der Waals surface area contributed by atoms with Gasteiger partial charge >= 0.3 is 0 Å². The first-order valence-electron chi connectivity index (χ1n) is 7.42. The van der Waals surface area contributed by atoms with Gasteiger partial charge in [-0.15, -0.1) is 5.53 Å². The van der Waals surface area contributed by atoms with Gasteiger partial charge in [0.15, 0.2) is 0 Å². The van der Waals surface area contributed by atoms with Gasteiger partial charge < -0.3 is 0 Å². The molecule has 0 saturated carbocycles. The van der Waals surface area contributed by atoms with Gasteiger partial charge in [0.25, 0.3) is 0 Å². The molecule has 0 fully saturated rings. The minimum Gasteiger partial charge on any atom is -0.232 e. The average Bonchev–Trinajstić information content (AvgIpc) is 2.37. The standard InChI is InChI=1S/C14H34N3/c1-6-14(7-2)13(5)11-10-12-17(8-3,9-4)16-15/h13-14,16H,6-12,15H2,1-5H3/q+1/i17+1. The molecule has 1 unspecified atom stereocenters. The van der Waals surface area contributed by atoms with Crippen LogP contribution in [0.3, 0.4) is 0 Å². The highest BCUT2D eigenvalue weighted by Crippen LogP contribution is 2.23. The highest BCUT2D eigenvalue weighted by atomic mass is 16.3. The van der Waals surface area contributed by atoms with Crippen LogP contribution in [0.5, 0.6) is 0 Å². The highest BCUT2D eigenvalue weighted by Gasteiger charge is 2.22. The van der Waals surface area contributed by atoms with Crippen LogP contribution in [0.25, 0.3) is 0 Å². The van der Waals surface area contributed by atoms with Crippen LogP contribution in [0.2, 0.25) is 0 Å². The number of hydrazine groups is 1. The van der Waals surface area contributed by atoms with Crippen LogP contribution in [0.15, 0.2) is 0 Å². The molecule has 0 aliphatic rings. The van der Waals surface area contributed by atoms with Crippen molar-refractivity contribution in [3.05, 3.63) is 0 Å². The van der Waals surface area contributed by atoms with Gasteiger partial charge in [-0.2, -0.15) is 0 Å². The Morgan fingerprint density at radius 1 is 1.06 bits per heavy atom. The molecular formula is C14H34N3+. The molecule has 0 amide bonds. The molecule has 0 bridgehead atoms. The number of quaternary nitrogens is 1. The predicted molar refractivity (Wildman–Crippen MR) is 76.0 cm³/mol. The number of nitrogens with two attached hydrogens (primary N) is 1. The van der Waals surface area contributed by atoms with Crippen LogP contribution < -0.4 is 11.4 Å². The van der Waals surface area contributed by atoms with E-state index in [9.17, 15) is 0 Å². The molecule has 0 spiro atoms. The molecule has 3 N–H and O–H groups in total. The Morgan fingerprint density at radius 2 is 1.59 bits per heavy atom. The zero-order chi connectivity index (χ0) is 13.3. The molecule has 0 rings (SSSR count). The lowest BCUT2D eigenvalue weighted by atomic mass is 9.86. The van der Waals surface area contributed by atoms with E-state index in [0.717, 1.165) is 36.1 Å². The summed E-state index contributed by atoms with van der Waals surface area (Å²) in [5.41, 5.74) is 2.98. The normalized spacial score (nSPS) is 14.3. The third kappa shape index (κ3) is 5.36.